The summed E-state index contributed by atoms with van der Waals surface area (Å²) in [6.45, 7) is 8.37. The summed E-state index contributed by atoms with van der Waals surface area (Å²) in [4.78, 5) is 6.51. The zero-order valence-corrected chi connectivity index (χ0v) is 18.1. The van der Waals surface area contributed by atoms with Gasteiger partial charge in [-0.25, -0.2) is 0 Å². The first-order chi connectivity index (χ1) is 11.6. The third-order valence-corrected chi connectivity index (χ3v) is 4.54. The second-order valence-electron chi connectivity index (χ2n) is 6.88. The lowest BCUT2D eigenvalue weighted by Crippen LogP contribution is -2.46. The van der Waals surface area contributed by atoms with Crippen molar-refractivity contribution in [1.29, 1.82) is 0 Å². The van der Waals surface area contributed by atoms with Crippen LogP contribution in [-0.4, -0.2) is 52.9 Å². The summed E-state index contributed by atoms with van der Waals surface area (Å²) in [7, 11) is 3.09. The topological polar surface area (TPSA) is 57.5 Å². The van der Waals surface area contributed by atoms with Gasteiger partial charge in [0.05, 0.1) is 0 Å². The SMILES string of the molecule is CN=C(NCc1cn(C)nc1C(F)(F)F)NC1CN(C(C)C)CC1C.I. The Morgan fingerprint density at radius 3 is 2.54 bits per heavy atom. The molecule has 2 N–H and O–H groups in total. The molecule has 0 amide bonds. The average molecular weight is 488 g/mol. The van der Waals surface area contributed by atoms with Gasteiger partial charge >= 0.3 is 6.18 Å². The van der Waals surface area contributed by atoms with E-state index >= 15 is 0 Å². The quantitative estimate of drug-likeness (QED) is 0.389. The maximum Gasteiger partial charge on any atom is 0.435 e. The van der Waals surface area contributed by atoms with Gasteiger partial charge in [0, 0.05) is 57.6 Å². The molecule has 10 heteroatoms. The van der Waals surface area contributed by atoms with E-state index in [9.17, 15) is 13.2 Å². The Hall–Kier alpha value is -1.04. The molecular weight excluding hydrogens is 460 g/mol. The van der Waals surface area contributed by atoms with Crippen LogP contribution in [0.4, 0.5) is 13.2 Å². The van der Waals surface area contributed by atoms with Crippen LogP contribution < -0.4 is 10.6 Å². The van der Waals surface area contributed by atoms with Gasteiger partial charge in [-0.1, -0.05) is 6.92 Å². The summed E-state index contributed by atoms with van der Waals surface area (Å²) < 4.78 is 40.2. The highest BCUT2D eigenvalue weighted by Crippen LogP contribution is 2.30. The van der Waals surface area contributed by atoms with Gasteiger partial charge in [-0.05, 0) is 19.8 Å². The van der Waals surface area contributed by atoms with Gasteiger partial charge < -0.3 is 10.6 Å². The van der Waals surface area contributed by atoms with Crippen LogP contribution >= 0.6 is 24.0 Å². The second-order valence-corrected chi connectivity index (χ2v) is 6.88. The van der Waals surface area contributed by atoms with Gasteiger partial charge in [0.1, 0.15) is 0 Å². The number of aryl methyl sites for hydroxylation is 1. The van der Waals surface area contributed by atoms with Gasteiger partial charge in [-0.15, -0.1) is 24.0 Å². The van der Waals surface area contributed by atoms with Crippen molar-refractivity contribution >= 4 is 29.9 Å². The maximum absolute atomic E-state index is 13.0. The third kappa shape index (κ3) is 5.73. The van der Waals surface area contributed by atoms with Crippen LogP contribution in [0.25, 0.3) is 0 Å². The molecule has 1 saturated heterocycles. The molecule has 0 bridgehead atoms. The molecule has 1 fully saturated rings. The van der Waals surface area contributed by atoms with E-state index in [-0.39, 0.29) is 42.1 Å². The number of nitrogens with zero attached hydrogens (tertiary/aromatic N) is 4. The number of aliphatic imine (C=N–C) groups is 1. The molecule has 2 atom stereocenters. The molecule has 1 aromatic heterocycles. The first-order valence-electron chi connectivity index (χ1n) is 8.42. The van der Waals surface area contributed by atoms with Gasteiger partial charge in [0.2, 0.25) is 0 Å². The van der Waals surface area contributed by atoms with Crippen LogP contribution in [0.5, 0.6) is 0 Å². The van der Waals surface area contributed by atoms with Gasteiger partial charge in [-0.2, -0.15) is 18.3 Å². The van der Waals surface area contributed by atoms with E-state index in [1.807, 2.05) is 0 Å². The number of halogens is 4. The predicted molar refractivity (Wildman–Crippen MR) is 107 cm³/mol. The highest BCUT2D eigenvalue weighted by molar-refractivity contribution is 14.0. The summed E-state index contributed by atoms with van der Waals surface area (Å²) in [5, 5.41) is 9.81. The summed E-state index contributed by atoms with van der Waals surface area (Å²) in [5.41, 5.74) is -0.764. The smallest absolute Gasteiger partial charge is 0.352 e. The lowest BCUT2D eigenvalue weighted by Gasteiger charge is -2.22. The van der Waals surface area contributed by atoms with Crippen LogP contribution in [0, 0.1) is 5.92 Å². The zero-order valence-electron chi connectivity index (χ0n) is 15.8. The molecule has 6 nitrogen and oxygen atoms in total. The van der Waals surface area contributed by atoms with Crippen molar-refractivity contribution in [3.63, 3.8) is 0 Å². The van der Waals surface area contributed by atoms with E-state index in [1.165, 1.54) is 17.9 Å². The maximum atomic E-state index is 13.0. The molecule has 1 aliphatic heterocycles. The van der Waals surface area contributed by atoms with E-state index in [4.69, 9.17) is 0 Å². The zero-order chi connectivity index (χ0) is 18.8. The second kappa shape index (κ2) is 9.25. The van der Waals surface area contributed by atoms with Crippen molar-refractivity contribution in [2.75, 3.05) is 20.1 Å². The molecule has 0 aliphatic carbocycles. The van der Waals surface area contributed by atoms with Crippen LogP contribution in [-0.2, 0) is 19.8 Å². The molecule has 2 unspecified atom stereocenters. The monoisotopic (exact) mass is 488 g/mol. The van der Waals surface area contributed by atoms with Crippen LogP contribution in [0.2, 0.25) is 0 Å². The minimum atomic E-state index is -4.47. The number of guanidine groups is 1. The minimum absolute atomic E-state index is 0. The average Bonchev–Trinajstić information content (AvgIpc) is 3.06. The first-order valence-corrected chi connectivity index (χ1v) is 8.42. The Morgan fingerprint density at radius 2 is 2.04 bits per heavy atom. The fourth-order valence-electron chi connectivity index (χ4n) is 3.07. The predicted octanol–water partition coefficient (Wildman–Crippen LogP) is 2.45. The number of hydrogen-bond acceptors (Lipinski definition) is 3. The molecule has 2 rings (SSSR count). The van der Waals surface area contributed by atoms with Gasteiger partial charge in [0.15, 0.2) is 11.7 Å². The Morgan fingerprint density at radius 1 is 1.38 bits per heavy atom. The normalized spacial score (nSPS) is 21.8. The van der Waals surface area contributed by atoms with Gasteiger partial charge in [0.25, 0.3) is 0 Å². The molecule has 0 radical (unpaired) electrons. The van der Waals surface area contributed by atoms with E-state index in [0.29, 0.717) is 17.9 Å². The molecule has 26 heavy (non-hydrogen) atoms. The summed E-state index contributed by atoms with van der Waals surface area (Å²) >= 11 is 0. The number of rotatable bonds is 4. The largest absolute Gasteiger partial charge is 0.435 e. The fourth-order valence-corrected chi connectivity index (χ4v) is 3.07. The van der Waals surface area contributed by atoms with Crippen molar-refractivity contribution in [3.05, 3.63) is 17.5 Å². The van der Waals surface area contributed by atoms with E-state index in [0.717, 1.165) is 13.1 Å². The van der Waals surface area contributed by atoms with Crippen LogP contribution in [0.15, 0.2) is 11.2 Å². The molecule has 0 saturated carbocycles. The van der Waals surface area contributed by atoms with Crippen molar-refractivity contribution in [2.45, 2.75) is 45.6 Å². The Balaban J connectivity index is 0.00000338. The summed E-state index contributed by atoms with van der Waals surface area (Å²) in [5.74, 6) is 0.935. The van der Waals surface area contributed by atoms with Crippen molar-refractivity contribution in [1.82, 2.24) is 25.3 Å². The third-order valence-electron chi connectivity index (χ3n) is 4.54. The molecule has 1 aliphatic rings. The summed E-state index contributed by atoms with van der Waals surface area (Å²) in [6, 6.07) is 0.679. The molecule has 150 valence electrons. The van der Waals surface area contributed by atoms with Crippen molar-refractivity contribution < 1.29 is 13.2 Å². The van der Waals surface area contributed by atoms with Crippen molar-refractivity contribution in [2.24, 2.45) is 18.0 Å². The minimum Gasteiger partial charge on any atom is -0.352 e. The van der Waals surface area contributed by atoms with E-state index in [2.05, 4.69) is 46.4 Å². The Labute approximate surface area is 169 Å². The highest BCUT2D eigenvalue weighted by atomic mass is 127. The lowest BCUT2D eigenvalue weighted by molar-refractivity contribution is -0.142. The fraction of sp³-hybridized carbons (Fsp3) is 0.750. The Bertz CT molecular complexity index is 614. The van der Waals surface area contributed by atoms with Crippen LogP contribution in [0.1, 0.15) is 32.0 Å². The Kier molecular flexibility index (Phi) is 8.18. The van der Waals surface area contributed by atoms with Gasteiger partial charge in [-0.3, -0.25) is 14.6 Å². The van der Waals surface area contributed by atoms with E-state index in [1.54, 1.807) is 7.05 Å². The number of likely N-dealkylation sites (tertiary alicyclic amines) is 1. The number of alkyl halides is 3. The lowest BCUT2D eigenvalue weighted by atomic mass is 10.1. The number of aromatic nitrogens is 2. The first kappa shape index (κ1) is 23.0. The number of hydrogen-bond donors (Lipinski definition) is 2. The van der Waals surface area contributed by atoms with Crippen molar-refractivity contribution in [3.8, 4) is 0 Å². The molecule has 0 aromatic carbocycles. The number of nitrogens with one attached hydrogen (secondary N) is 2. The molecule has 0 spiro atoms. The molecule has 2 heterocycles. The summed E-state index contributed by atoms with van der Waals surface area (Å²) in [6.07, 6.45) is -3.09. The highest BCUT2D eigenvalue weighted by Gasteiger charge is 2.37. The van der Waals surface area contributed by atoms with E-state index < -0.39 is 11.9 Å². The molecule has 1 aromatic rings. The molecular formula is C16H28F3IN6. The van der Waals surface area contributed by atoms with Crippen LogP contribution in [0.3, 0.4) is 0 Å². The standard InChI is InChI=1S/C16H27F3N6.HI/c1-10(2)25-7-11(3)13(9-25)22-15(20-4)21-6-12-8-24(5)23-14(12)16(17,18)19;/h8,10-11,13H,6-7,9H2,1-5H3,(H2,20,21,22);1H.